The number of ketones is 2. The maximum atomic E-state index is 14.8. The highest BCUT2D eigenvalue weighted by atomic mass is 79.9. The summed E-state index contributed by atoms with van der Waals surface area (Å²) in [5.41, 5.74) is -1.39. The van der Waals surface area contributed by atoms with E-state index in [9.17, 15) is 19.2 Å². The smallest absolute Gasteiger partial charge is 0.332 e. The summed E-state index contributed by atoms with van der Waals surface area (Å²) in [5.74, 6) is -2.01. The van der Waals surface area contributed by atoms with E-state index in [-0.39, 0.29) is 45.4 Å². The number of nitrogens with zero attached hydrogens (tertiary/aromatic N) is 2. The molecule has 10 nitrogen and oxygen atoms in total. The van der Waals surface area contributed by atoms with Crippen LogP contribution in [0.25, 0.3) is 0 Å². The molecule has 0 saturated heterocycles. The van der Waals surface area contributed by atoms with Crippen molar-refractivity contribution in [3.63, 3.8) is 0 Å². The summed E-state index contributed by atoms with van der Waals surface area (Å²) in [6.07, 6.45) is 0.214. The third-order valence-electron chi connectivity index (χ3n) is 8.26. The van der Waals surface area contributed by atoms with Gasteiger partial charge in [0.05, 0.1) is 19.8 Å². The molecule has 0 amide bonds. The second-order valence-electron chi connectivity index (χ2n) is 10.4. The monoisotopic (exact) mass is 641 g/mol. The van der Waals surface area contributed by atoms with Crippen LogP contribution in [0.1, 0.15) is 40.7 Å². The van der Waals surface area contributed by atoms with Gasteiger partial charge in [-0.25, -0.2) is 4.79 Å². The number of halogens is 2. The topological polar surface area (TPSA) is 118 Å². The number of hydrogen-bond acceptors (Lipinski definition) is 8. The molecular weight excluding hydrogens is 618 g/mol. The largest absolute Gasteiger partial charge is 0.496 e. The highest BCUT2D eigenvalue weighted by molar-refractivity contribution is 9.10. The molecule has 2 aromatic carbocycles. The van der Waals surface area contributed by atoms with Gasteiger partial charge in [0.25, 0.3) is 5.56 Å². The molecule has 3 aliphatic rings. The third-order valence-corrected chi connectivity index (χ3v) is 9.11. The van der Waals surface area contributed by atoms with Crippen molar-refractivity contribution in [2.75, 3.05) is 19.5 Å². The lowest BCUT2D eigenvalue weighted by Gasteiger charge is -2.42. The quantitative estimate of drug-likeness (QED) is 0.427. The molecular formula is C29H25BrClN3O7. The molecule has 0 radical (unpaired) electrons. The predicted octanol–water partition coefficient (Wildman–Crippen LogP) is 3.95. The van der Waals surface area contributed by atoms with E-state index in [4.69, 9.17) is 25.8 Å². The summed E-state index contributed by atoms with van der Waals surface area (Å²) >= 11 is 10.1. The molecule has 12 heteroatoms. The van der Waals surface area contributed by atoms with Crippen LogP contribution in [0.3, 0.4) is 0 Å². The number of Topliss-reactive ketones (excluding diaryl/α,β-unsaturated/α-hetero) is 2. The fourth-order valence-electron chi connectivity index (χ4n) is 6.21. The Balaban J connectivity index is 1.62. The lowest BCUT2D eigenvalue weighted by atomic mass is 9.66. The highest BCUT2D eigenvalue weighted by Crippen LogP contribution is 2.56. The van der Waals surface area contributed by atoms with Crippen molar-refractivity contribution >= 4 is 44.9 Å². The molecule has 2 aliphatic heterocycles. The summed E-state index contributed by atoms with van der Waals surface area (Å²) in [6.45, 7) is 1.75. The van der Waals surface area contributed by atoms with Crippen molar-refractivity contribution in [3.05, 3.63) is 88.6 Å². The molecule has 0 fully saturated rings. The van der Waals surface area contributed by atoms with Crippen LogP contribution in [-0.4, -0.2) is 40.5 Å². The second kappa shape index (κ2) is 9.35. The first-order valence-electron chi connectivity index (χ1n) is 12.8. The summed E-state index contributed by atoms with van der Waals surface area (Å²) in [6, 6.07) is 8.71. The predicted molar refractivity (Wildman–Crippen MR) is 155 cm³/mol. The van der Waals surface area contributed by atoms with Gasteiger partial charge in [0.15, 0.2) is 5.75 Å². The van der Waals surface area contributed by atoms with E-state index in [1.54, 1.807) is 26.1 Å². The lowest BCUT2D eigenvalue weighted by molar-refractivity contribution is -0.130. The Hall–Kier alpha value is -3.83. The Labute approximate surface area is 247 Å². The molecule has 1 N–H and O–H groups in total. The molecule has 0 saturated carbocycles. The number of rotatable bonds is 3. The van der Waals surface area contributed by atoms with Crippen LogP contribution in [0.5, 0.6) is 17.2 Å². The fraction of sp³-hybridized carbons (Fsp3) is 0.310. The van der Waals surface area contributed by atoms with E-state index in [0.29, 0.717) is 17.1 Å². The number of methoxy groups -OCH3 is 2. The van der Waals surface area contributed by atoms with Gasteiger partial charge in [0.1, 0.15) is 27.9 Å². The van der Waals surface area contributed by atoms with Crippen molar-refractivity contribution in [1.82, 2.24) is 9.13 Å². The zero-order chi connectivity index (χ0) is 29.5. The third kappa shape index (κ3) is 3.54. The second-order valence-corrected chi connectivity index (χ2v) is 11.7. The Morgan fingerprint density at radius 2 is 1.76 bits per heavy atom. The van der Waals surface area contributed by atoms with Crippen LogP contribution < -0.4 is 30.8 Å². The normalized spacial score (nSPS) is 22.6. The average Bonchev–Trinajstić information content (AvgIpc) is 3.27. The van der Waals surface area contributed by atoms with Crippen molar-refractivity contribution in [3.8, 4) is 17.2 Å². The van der Waals surface area contributed by atoms with Crippen molar-refractivity contribution in [1.29, 1.82) is 0 Å². The van der Waals surface area contributed by atoms with Crippen LogP contribution in [0.2, 0.25) is 5.02 Å². The van der Waals surface area contributed by atoms with Gasteiger partial charge in [-0.2, -0.15) is 0 Å². The summed E-state index contributed by atoms with van der Waals surface area (Å²) < 4.78 is 20.3. The maximum Gasteiger partial charge on any atom is 0.332 e. The number of hydrogen-bond donors (Lipinski definition) is 1. The van der Waals surface area contributed by atoms with Gasteiger partial charge in [-0.3, -0.25) is 23.5 Å². The number of benzene rings is 2. The standard InChI is InChI=1S/C29H25BrClN3O7/c1-12-9-15-19(24(35)29(12)25(36)20-16(39-4)11-17(40-5)22(31)23(20)41-29)18(13-7-6-8-14(30)10-13)21-26(32-15)33(2)28(38)34(3)27(21)37/h6-8,10-12,18,32H,9H2,1-5H3/t12-,18+,29+/m1/s1. The maximum absolute atomic E-state index is 14.8. The van der Waals surface area contributed by atoms with Gasteiger partial charge in [0.2, 0.25) is 17.2 Å². The average molecular weight is 643 g/mol. The van der Waals surface area contributed by atoms with Gasteiger partial charge >= 0.3 is 5.69 Å². The minimum absolute atomic E-state index is 0.0126. The number of ether oxygens (including phenoxy) is 3. The minimum Gasteiger partial charge on any atom is -0.496 e. The number of carbonyl (C=O) groups is 2. The van der Waals surface area contributed by atoms with E-state index in [2.05, 4.69) is 21.2 Å². The number of carbonyl (C=O) groups excluding carboxylic acids is 2. The Morgan fingerprint density at radius 1 is 1.05 bits per heavy atom. The fourth-order valence-corrected chi connectivity index (χ4v) is 6.89. The lowest BCUT2D eigenvalue weighted by Crippen LogP contribution is -2.58. The van der Waals surface area contributed by atoms with Gasteiger partial charge in [-0.15, -0.1) is 0 Å². The molecule has 3 heterocycles. The van der Waals surface area contributed by atoms with Crippen molar-refractivity contribution in [2.24, 2.45) is 20.0 Å². The van der Waals surface area contributed by atoms with Crippen molar-refractivity contribution < 1.29 is 23.8 Å². The van der Waals surface area contributed by atoms with E-state index in [1.165, 1.54) is 31.9 Å². The first-order valence-corrected chi connectivity index (χ1v) is 13.9. The van der Waals surface area contributed by atoms with Gasteiger partial charge in [-0.05, 0) is 24.1 Å². The number of allylic oxidation sites excluding steroid dienone is 1. The van der Waals surface area contributed by atoms with E-state index in [1.807, 2.05) is 12.1 Å². The first-order chi connectivity index (χ1) is 19.5. The molecule has 212 valence electrons. The van der Waals surface area contributed by atoms with Crippen LogP contribution >= 0.6 is 27.5 Å². The van der Waals surface area contributed by atoms with E-state index in [0.717, 1.165) is 9.04 Å². The molecule has 6 rings (SSSR count). The van der Waals surface area contributed by atoms with Crippen LogP contribution in [0.4, 0.5) is 5.82 Å². The number of fused-ring (bicyclic) bond motifs is 2. The van der Waals surface area contributed by atoms with E-state index < -0.39 is 40.3 Å². The zero-order valence-electron chi connectivity index (χ0n) is 22.8. The zero-order valence-corrected chi connectivity index (χ0v) is 25.1. The summed E-state index contributed by atoms with van der Waals surface area (Å²) in [7, 11) is 5.78. The first kappa shape index (κ1) is 27.3. The van der Waals surface area contributed by atoms with Gasteiger partial charge in [0, 0.05) is 47.7 Å². The number of aromatic nitrogens is 2. The van der Waals surface area contributed by atoms with Crippen LogP contribution in [0.15, 0.2) is 55.7 Å². The molecule has 1 aromatic heterocycles. The molecule has 0 bridgehead atoms. The Kier molecular flexibility index (Phi) is 6.24. The molecule has 41 heavy (non-hydrogen) atoms. The molecule has 1 aliphatic carbocycles. The number of nitrogens with one attached hydrogen (secondary N) is 1. The van der Waals surface area contributed by atoms with E-state index >= 15 is 0 Å². The Bertz CT molecular complexity index is 1860. The van der Waals surface area contributed by atoms with Crippen molar-refractivity contribution in [2.45, 2.75) is 24.9 Å². The minimum atomic E-state index is -1.96. The van der Waals surface area contributed by atoms with Crippen LogP contribution in [-0.2, 0) is 18.9 Å². The SMILES string of the molecule is COc1cc(OC)c2c(c1Cl)O[C@@]1(C(=O)C3=C(C[C@H]1C)Nc1c(c(=O)n(C)c(=O)n1C)[C@H]3c1cccc(Br)c1)C2=O. The Morgan fingerprint density at radius 3 is 2.41 bits per heavy atom. The highest BCUT2D eigenvalue weighted by Gasteiger charge is 2.63. The summed E-state index contributed by atoms with van der Waals surface area (Å²) in [4.78, 5) is 55.6. The van der Waals surface area contributed by atoms with Crippen LogP contribution in [0, 0.1) is 5.92 Å². The summed E-state index contributed by atoms with van der Waals surface area (Å²) in [5, 5.41) is 3.25. The number of anilines is 1. The molecule has 3 aromatic rings. The van der Waals surface area contributed by atoms with Gasteiger partial charge < -0.3 is 19.5 Å². The van der Waals surface area contributed by atoms with Gasteiger partial charge in [-0.1, -0.05) is 46.6 Å². The molecule has 0 unspecified atom stereocenters. The molecule has 3 atom stereocenters. The molecule has 1 spiro atoms.